The van der Waals surface area contributed by atoms with Gasteiger partial charge in [-0.2, -0.15) is 0 Å². The van der Waals surface area contributed by atoms with E-state index in [1.807, 2.05) is 19.9 Å². The minimum atomic E-state index is -1.82. The quantitative estimate of drug-likeness (QED) is 0.138. The number of allylic oxidation sites excluding steroid dienone is 2. The third-order valence-corrected chi connectivity index (χ3v) is 17.9. The molecule has 1 spiro atoms. The number of rotatable bonds is 10. The van der Waals surface area contributed by atoms with E-state index in [-0.39, 0.29) is 79.8 Å². The molecule has 0 radical (unpaired) electrons. The summed E-state index contributed by atoms with van der Waals surface area (Å²) in [6.07, 6.45) is 11.9. The van der Waals surface area contributed by atoms with Crippen LogP contribution >= 0.6 is 0 Å². The zero-order valence-corrected chi connectivity index (χ0v) is 42.1. The molecule has 6 fully saturated rings. The van der Waals surface area contributed by atoms with Crippen molar-refractivity contribution in [2.75, 3.05) is 34.7 Å². The van der Waals surface area contributed by atoms with E-state index in [0.29, 0.717) is 49.2 Å². The van der Waals surface area contributed by atoms with Crippen molar-refractivity contribution < 1.29 is 71.8 Å². The topological polar surface area (TPSA) is 168 Å². The number of esters is 1. The van der Waals surface area contributed by atoms with Crippen molar-refractivity contribution in [3.8, 4) is 0 Å². The predicted molar refractivity (Wildman–Crippen MR) is 250 cm³/mol. The normalized spacial score (nSPS) is 47.9. The lowest BCUT2D eigenvalue weighted by atomic mass is 9.61. The number of aliphatic hydroxyl groups is 2. The van der Waals surface area contributed by atoms with Gasteiger partial charge in [0.2, 0.25) is 0 Å². The van der Waals surface area contributed by atoms with E-state index >= 15 is 0 Å². The highest BCUT2D eigenvalue weighted by atomic mass is 16.7. The molecule has 0 aromatic rings. The molecule has 0 aromatic heterocycles. The smallest absolute Gasteiger partial charge is 0.316 e. The van der Waals surface area contributed by atoms with E-state index in [4.69, 9.17) is 56.8 Å². The zero-order chi connectivity index (χ0) is 48.5. The van der Waals surface area contributed by atoms with Gasteiger partial charge in [0.15, 0.2) is 18.4 Å². The lowest BCUT2D eigenvalue weighted by molar-refractivity contribution is -0.324. The predicted octanol–water partition coefficient (Wildman–Crippen LogP) is 6.54. The van der Waals surface area contributed by atoms with E-state index < -0.39 is 66.4 Å². The van der Waals surface area contributed by atoms with Crippen LogP contribution in [0.5, 0.6) is 0 Å². The molecule has 4 aliphatic carbocycles. The molecule has 2 bridgehead atoms. The first-order valence-corrected chi connectivity index (χ1v) is 26.0. The van der Waals surface area contributed by atoms with Crippen LogP contribution in [0.4, 0.5) is 0 Å². The molecule has 2 N–H and O–H groups in total. The van der Waals surface area contributed by atoms with E-state index in [1.54, 1.807) is 34.3 Å². The van der Waals surface area contributed by atoms with E-state index in [0.717, 1.165) is 24.0 Å². The summed E-state index contributed by atoms with van der Waals surface area (Å²) in [6.45, 7) is 12.5. The molecule has 5 unspecified atom stereocenters. The van der Waals surface area contributed by atoms with Crippen LogP contribution in [-0.4, -0.2) is 148 Å². The van der Waals surface area contributed by atoms with Gasteiger partial charge in [0.05, 0.1) is 49.3 Å². The maximum atomic E-state index is 14.8. The van der Waals surface area contributed by atoms with E-state index in [9.17, 15) is 15.0 Å². The Labute approximate surface area is 408 Å². The highest BCUT2D eigenvalue weighted by Crippen LogP contribution is 2.56. The Hall–Kier alpha value is -2.35. The van der Waals surface area contributed by atoms with Crippen molar-refractivity contribution in [2.24, 2.45) is 35.5 Å². The molecule has 6 heterocycles. The van der Waals surface area contributed by atoms with Crippen LogP contribution in [0.15, 0.2) is 58.2 Å². The molecule has 69 heavy (non-hydrogen) atoms. The van der Waals surface area contributed by atoms with Gasteiger partial charge in [-0.3, -0.25) is 4.79 Å². The molecule has 15 nitrogen and oxygen atoms in total. The molecule has 384 valence electrons. The summed E-state index contributed by atoms with van der Waals surface area (Å²) in [5.74, 6) is -2.31. The molecule has 10 rings (SSSR count). The summed E-state index contributed by atoms with van der Waals surface area (Å²) in [4.78, 5) is 14.8. The molecular formula is C54H78O15. The van der Waals surface area contributed by atoms with E-state index in [1.165, 1.54) is 24.8 Å². The first kappa shape index (κ1) is 50.2. The molecular weight excluding hydrogens is 889 g/mol. The van der Waals surface area contributed by atoms with Gasteiger partial charge in [0, 0.05) is 64.3 Å². The second-order valence-electron chi connectivity index (χ2n) is 22.0. The van der Waals surface area contributed by atoms with Gasteiger partial charge in [0.25, 0.3) is 0 Å². The van der Waals surface area contributed by atoms with Gasteiger partial charge in [-0.05, 0) is 82.1 Å². The number of hydrogen-bond donors (Lipinski definition) is 2. The van der Waals surface area contributed by atoms with Gasteiger partial charge in [-0.15, -0.1) is 0 Å². The summed E-state index contributed by atoms with van der Waals surface area (Å²) in [6, 6.07) is 0. The largest absolute Gasteiger partial charge is 0.461 e. The molecule has 4 saturated heterocycles. The highest BCUT2D eigenvalue weighted by molar-refractivity contribution is 5.78. The number of methoxy groups -OCH3 is 3. The van der Waals surface area contributed by atoms with Crippen LogP contribution in [-0.2, 0) is 61.6 Å². The zero-order valence-electron chi connectivity index (χ0n) is 42.1. The summed E-state index contributed by atoms with van der Waals surface area (Å²) in [5.41, 5.74) is 2.81. The minimum absolute atomic E-state index is 0.000656. The summed E-state index contributed by atoms with van der Waals surface area (Å²) in [7, 11) is 4.95. The van der Waals surface area contributed by atoms with Gasteiger partial charge >= 0.3 is 5.97 Å². The molecule has 0 aromatic carbocycles. The van der Waals surface area contributed by atoms with Gasteiger partial charge < -0.3 is 67.1 Å². The average Bonchev–Trinajstić information content (AvgIpc) is 3.68. The number of carbonyl (C=O) groups excluding carboxylic acids is 1. The summed E-state index contributed by atoms with van der Waals surface area (Å²) < 4.78 is 77.4. The average molecular weight is 967 g/mol. The van der Waals surface area contributed by atoms with Crippen molar-refractivity contribution in [3.05, 3.63) is 58.2 Å². The molecule has 21 atom stereocenters. The van der Waals surface area contributed by atoms with Crippen LogP contribution in [0.2, 0.25) is 0 Å². The van der Waals surface area contributed by atoms with E-state index in [2.05, 4.69) is 39.0 Å². The van der Waals surface area contributed by atoms with Gasteiger partial charge in [0.1, 0.15) is 48.8 Å². The lowest BCUT2D eigenvalue weighted by Gasteiger charge is -2.55. The lowest BCUT2D eigenvalue weighted by Crippen LogP contribution is -2.61. The number of hydrogen-bond acceptors (Lipinski definition) is 15. The van der Waals surface area contributed by atoms with Crippen molar-refractivity contribution >= 4 is 5.97 Å². The van der Waals surface area contributed by atoms with Crippen LogP contribution in [0.3, 0.4) is 0 Å². The summed E-state index contributed by atoms with van der Waals surface area (Å²) >= 11 is 0. The Kier molecular flexibility index (Phi) is 14.7. The van der Waals surface area contributed by atoms with Gasteiger partial charge in [-0.25, -0.2) is 0 Å². The molecule has 15 heteroatoms. The number of carbonyl (C=O) groups is 1. The SMILES string of the molecule is COCOC1[C@H](C)O[C@@H](O[C@H]2[C@H](C)OC(O[C@@H]3C(C)=C4C[C@H]5O[C@@]6(C=C[C@H](C)[C@@H](C7CCCCC7)O6)C[C@H]6OC(=O)[C@@H]7C=C(C)[C@@H](O)[C@H]8OCC(=CC=C(C4CC65)C3C)[C@]87O)C[C@@H]2OC)C[C@@H]1OC. The maximum absolute atomic E-state index is 14.8. The second-order valence-corrected chi connectivity index (χ2v) is 22.0. The van der Waals surface area contributed by atoms with Crippen LogP contribution < -0.4 is 0 Å². The third-order valence-electron chi connectivity index (χ3n) is 17.9. The Morgan fingerprint density at radius 1 is 0.855 bits per heavy atom. The fraction of sp³-hybridized carbons (Fsp3) is 0.796. The first-order valence-electron chi connectivity index (χ1n) is 26.0. The standard InChI is InChI=1S/C54H78O15/c1-27-17-18-53(69-47(27)33-13-11-10-12-14-33)24-43-38-20-37-35(16-15-34-25-61-51-46(55)28(2)19-39(52(56)65-43)54(34,51)57)29(3)48(30(4)36(37)21-40(38)68-53)66-44-23-42(60-9)50(32(6)64-44)67-45-22-41(59-8)49(31(5)63-45)62-26-58-7/h15-19,27,29,31-33,37-51,55,57H,10-14,20-26H2,1-9H3/t27-,29?,31-,32-,37?,38?,39-,40+,41-,42-,43+,44?,45-,46+,47-,48-,49?,50-,51+,53+,54+/m0/s1. The molecule has 6 aliphatic heterocycles. The van der Waals surface area contributed by atoms with Crippen molar-refractivity contribution in [1.29, 1.82) is 0 Å². The monoisotopic (exact) mass is 967 g/mol. The Morgan fingerprint density at radius 2 is 1.57 bits per heavy atom. The van der Waals surface area contributed by atoms with Crippen molar-refractivity contribution in [3.63, 3.8) is 0 Å². The Morgan fingerprint density at radius 3 is 2.29 bits per heavy atom. The summed E-state index contributed by atoms with van der Waals surface area (Å²) in [5, 5.41) is 24.2. The fourth-order valence-electron chi connectivity index (χ4n) is 14.2. The Balaban J connectivity index is 0.965. The van der Waals surface area contributed by atoms with Gasteiger partial charge in [-0.1, -0.05) is 68.6 Å². The van der Waals surface area contributed by atoms with Crippen LogP contribution in [0.25, 0.3) is 0 Å². The van der Waals surface area contributed by atoms with Crippen LogP contribution in [0.1, 0.15) is 106 Å². The van der Waals surface area contributed by atoms with Crippen molar-refractivity contribution in [1.82, 2.24) is 0 Å². The molecule has 10 aliphatic rings. The molecule has 0 amide bonds. The first-order chi connectivity index (χ1) is 33.2. The minimum Gasteiger partial charge on any atom is -0.461 e. The fourth-order valence-corrected chi connectivity index (χ4v) is 14.2. The maximum Gasteiger partial charge on any atom is 0.316 e. The second kappa shape index (κ2) is 20.2. The highest BCUT2D eigenvalue weighted by Gasteiger charge is 2.62. The number of ether oxygens (including phenoxy) is 12. The van der Waals surface area contributed by atoms with Crippen molar-refractivity contribution in [2.45, 2.75) is 203 Å². The molecule has 2 saturated carbocycles. The Bertz CT molecular complexity index is 2040. The number of aliphatic hydroxyl groups excluding tert-OH is 1. The third kappa shape index (κ3) is 9.13. The van der Waals surface area contributed by atoms with Crippen LogP contribution in [0, 0.1) is 35.5 Å².